The van der Waals surface area contributed by atoms with E-state index in [1.165, 1.54) is 0 Å². The fourth-order valence-electron chi connectivity index (χ4n) is 2.60. The molecule has 0 radical (unpaired) electrons. The quantitative estimate of drug-likeness (QED) is 0.760. The van der Waals surface area contributed by atoms with Gasteiger partial charge in [-0.15, -0.1) is 0 Å². The van der Waals surface area contributed by atoms with Crippen molar-refractivity contribution < 1.29 is 14.3 Å². The molecule has 0 fully saturated rings. The lowest BCUT2D eigenvalue weighted by molar-refractivity contribution is -0.129. The summed E-state index contributed by atoms with van der Waals surface area (Å²) in [5.74, 6) is 1.51. The van der Waals surface area contributed by atoms with Gasteiger partial charge in [0.2, 0.25) is 5.91 Å². The van der Waals surface area contributed by atoms with E-state index in [4.69, 9.17) is 9.47 Å². The maximum atomic E-state index is 12.4. The van der Waals surface area contributed by atoms with E-state index in [1.807, 2.05) is 60.4 Å². The van der Waals surface area contributed by atoms with Gasteiger partial charge in [0.1, 0.15) is 0 Å². The molecule has 0 aliphatic rings. The third kappa shape index (κ3) is 5.41. The molecular weight excluding hydrogens is 316 g/mol. The summed E-state index contributed by atoms with van der Waals surface area (Å²) in [6.45, 7) is 3.64. The SMILES string of the molecule is CCN(CCc1ccc(OC)c(OC)c1)C(=O)CNc1ccccc1. The van der Waals surface area contributed by atoms with E-state index in [9.17, 15) is 4.79 Å². The van der Waals surface area contributed by atoms with E-state index in [0.29, 0.717) is 31.1 Å². The molecule has 0 aliphatic heterocycles. The Balaban J connectivity index is 1.89. The number of likely N-dealkylation sites (N-methyl/N-ethyl adjacent to an activating group) is 1. The Morgan fingerprint density at radius 1 is 1.04 bits per heavy atom. The lowest BCUT2D eigenvalue weighted by Crippen LogP contribution is -2.36. The largest absolute Gasteiger partial charge is 0.493 e. The number of carbonyl (C=O) groups is 1. The number of benzene rings is 2. The molecule has 2 rings (SSSR count). The zero-order chi connectivity index (χ0) is 18.1. The van der Waals surface area contributed by atoms with Crippen molar-refractivity contribution in [1.82, 2.24) is 4.90 Å². The summed E-state index contributed by atoms with van der Waals surface area (Å²) in [5, 5.41) is 3.16. The molecule has 25 heavy (non-hydrogen) atoms. The van der Waals surface area contributed by atoms with Crippen molar-refractivity contribution in [3.8, 4) is 11.5 Å². The Hall–Kier alpha value is -2.69. The minimum Gasteiger partial charge on any atom is -0.493 e. The van der Waals surface area contributed by atoms with Crippen molar-refractivity contribution in [3.63, 3.8) is 0 Å². The van der Waals surface area contributed by atoms with Crippen LogP contribution in [0.3, 0.4) is 0 Å². The number of amides is 1. The molecule has 0 aliphatic carbocycles. The summed E-state index contributed by atoms with van der Waals surface area (Å²) < 4.78 is 10.6. The van der Waals surface area contributed by atoms with Gasteiger partial charge in [-0.1, -0.05) is 24.3 Å². The molecule has 0 saturated heterocycles. The molecule has 0 aromatic heterocycles. The summed E-state index contributed by atoms with van der Waals surface area (Å²) in [5.41, 5.74) is 2.06. The van der Waals surface area contributed by atoms with E-state index in [2.05, 4.69) is 5.32 Å². The van der Waals surface area contributed by atoms with Crippen LogP contribution in [0, 0.1) is 0 Å². The second kappa shape index (κ2) is 9.57. The number of hydrogen-bond acceptors (Lipinski definition) is 4. The number of carbonyl (C=O) groups excluding carboxylic acids is 1. The fraction of sp³-hybridized carbons (Fsp3) is 0.350. The minimum absolute atomic E-state index is 0.0897. The number of nitrogens with one attached hydrogen (secondary N) is 1. The lowest BCUT2D eigenvalue weighted by atomic mass is 10.1. The number of nitrogens with zero attached hydrogens (tertiary/aromatic N) is 1. The predicted molar refractivity (Wildman–Crippen MR) is 100 cm³/mol. The van der Waals surface area contributed by atoms with E-state index in [-0.39, 0.29) is 5.91 Å². The van der Waals surface area contributed by atoms with E-state index < -0.39 is 0 Å². The second-order valence-electron chi connectivity index (χ2n) is 5.63. The van der Waals surface area contributed by atoms with Crippen molar-refractivity contribution in [2.45, 2.75) is 13.3 Å². The van der Waals surface area contributed by atoms with Gasteiger partial charge in [0.05, 0.1) is 20.8 Å². The van der Waals surface area contributed by atoms with Gasteiger partial charge in [-0.25, -0.2) is 0 Å². The van der Waals surface area contributed by atoms with Gasteiger partial charge in [0.25, 0.3) is 0 Å². The van der Waals surface area contributed by atoms with Crippen LogP contribution in [-0.4, -0.2) is 44.7 Å². The molecule has 0 unspecified atom stereocenters. The normalized spacial score (nSPS) is 10.2. The van der Waals surface area contributed by atoms with Crippen LogP contribution < -0.4 is 14.8 Å². The number of para-hydroxylation sites is 1. The van der Waals surface area contributed by atoms with E-state index >= 15 is 0 Å². The molecule has 0 atom stereocenters. The highest BCUT2D eigenvalue weighted by atomic mass is 16.5. The number of rotatable bonds is 9. The van der Waals surface area contributed by atoms with Gasteiger partial charge in [-0.05, 0) is 43.2 Å². The molecule has 0 saturated carbocycles. The maximum absolute atomic E-state index is 12.4. The highest BCUT2D eigenvalue weighted by Crippen LogP contribution is 2.27. The molecule has 2 aromatic carbocycles. The van der Waals surface area contributed by atoms with Crippen molar-refractivity contribution in [3.05, 3.63) is 54.1 Å². The molecule has 1 N–H and O–H groups in total. The number of anilines is 1. The summed E-state index contributed by atoms with van der Waals surface area (Å²) in [6.07, 6.45) is 0.769. The topological polar surface area (TPSA) is 50.8 Å². The summed E-state index contributed by atoms with van der Waals surface area (Å²) in [4.78, 5) is 14.3. The minimum atomic E-state index is 0.0897. The Labute approximate surface area is 149 Å². The van der Waals surface area contributed by atoms with Crippen molar-refractivity contribution in [2.75, 3.05) is 39.2 Å². The van der Waals surface area contributed by atoms with Crippen LogP contribution in [0.4, 0.5) is 5.69 Å². The van der Waals surface area contributed by atoms with E-state index in [1.54, 1.807) is 14.2 Å². The van der Waals surface area contributed by atoms with Crippen molar-refractivity contribution in [2.24, 2.45) is 0 Å². The maximum Gasteiger partial charge on any atom is 0.241 e. The molecule has 5 nitrogen and oxygen atoms in total. The van der Waals surface area contributed by atoms with Crippen molar-refractivity contribution >= 4 is 11.6 Å². The second-order valence-corrected chi connectivity index (χ2v) is 5.63. The van der Waals surface area contributed by atoms with Crippen LogP contribution in [0.5, 0.6) is 11.5 Å². The molecule has 0 spiro atoms. The predicted octanol–water partition coefficient (Wildman–Crippen LogP) is 3.21. The average molecular weight is 342 g/mol. The van der Waals surface area contributed by atoms with Crippen LogP contribution in [0.25, 0.3) is 0 Å². The Morgan fingerprint density at radius 2 is 1.76 bits per heavy atom. The van der Waals surface area contributed by atoms with E-state index in [0.717, 1.165) is 17.7 Å². The standard InChI is InChI=1S/C20H26N2O3/c1-4-22(20(23)15-21-17-8-6-5-7-9-17)13-12-16-10-11-18(24-2)19(14-16)25-3/h5-11,14,21H,4,12-13,15H2,1-3H3. The third-order valence-electron chi connectivity index (χ3n) is 4.07. The van der Waals surface area contributed by atoms with Crippen LogP contribution in [0.2, 0.25) is 0 Å². The van der Waals surface area contributed by atoms with Gasteiger partial charge in [0, 0.05) is 18.8 Å². The molecule has 0 heterocycles. The lowest BCUT2D eigenvalue weighted by Gasteiger charge is -2.21. The first-order chi connectivity index (χ1) is 12.2. The number of hydrogen-bond donors (Lipinski definition) is 1. The van der Waals surface area contributed by atoms with Crippen LogP contribution in [0.1, 0.15) is 12.5 Å². The van der Waals surface area contributed by atoms with Gasteiger partial charge in [-0.3, -0.25) is 4.79 Å². The zero-order valence-electron chi connectivity index (χ0n) is 15.1. The van der Waals surface area contributed by atoms with Crippen LogP contribution in [-0.2, 0) is 11.2 Å². The fourth-order valence-corrected chi connectivity index (χ4v) is 2.60. The van der Waals surface area contributed by atoms with Crippen molar-refractivity contribution in [1.29, 1.82) is 0 Å². The molecule has 0 bridgehead atoms. The molecular formula is C20H26N2O3. The summed E-state index contributed by atoms with van der Waals surface area (Å²) in [7, 11) is 3.24. The first kappa shape index (κ1) is 18.6. The Kier molecular flexibility index (Phi) is 7.14. The van der Waals surface area contributed by atoms with Gasteiger partial charge >= 0.3 is 0 Å². The number of methoxy groups -OCH3 is 2. The van der Waals surface area contributed by atoms with Crippen LogP contribution in [0.15, 0.2) is 48.5 Å². The van der Waals surface area contributed by atoms with Gasteiger partial charge in [-0.2, -0.15) is 0 Å². The molecule has 2 aromatic rings. The first-order valence-electron chi connectivity index (χ1n) is 8.45. The zero-order valence-corrected chi connectivity index (χ0v) is 15.1. The smallest absolute Gasteiger partial charge is 0.241 e. The number of ether oxygens (including phenoxy) is 2. The first-order valence-corrected chi connectivity index (χ1v) is 8.45. The van der Waals surface area contributed by atoms with Gasteiger partial charge < -0.3 is 19.7 Å². The molecule has 134 valence electrons. The summed E-state index contributed by atoms with van der Waals surface area (Å²) in [6, 6.07) is 15.6. The Morgan fingerprint density at radius 3 is 2.40 bits per heavy atom. The third-order valence-corrected chi connectivity index (χ3v) is 4.07. The summed E-state index contributed by atoms with van der Waals surface area (Å²) >= 11 is 0. The average Bonchev–Trinajstić information content (AvgIpc) is 2.67. The highest BCUT2D eigenvalue weighted by Gasteiger charge is 2.12. The van der Waals surface area contributed by atoms with Gasteiger partial charge in [0.15, 0.2) is 11.5 Å². The molecule has 1 amide bonds. The highest BCUT2D eigenvalue weighted by molar-refractivity contribution is 5.80. The Bertz CT molecular complexity index is 674. The molecule has 5 heteroatoms. The van der Waals surface area contributed by atoms with Crippen LogP contribution >= 0.6 is 0 Å². The monoisotopic (exact) mass is 342 g/mol.